The molecule has 1 aliphatic rings. The van der Waals surface area contributed by atoms with E-state index in [0.717, 1.165) is 39.3 Å². The second-order valence-electron chi connectivity index (χ2n) is 5.74. The van der Waals surface area contributed by atoms with Crippen LogP contribution in [-0.4, -0.2) is 80.3 Å². The largest absolute Gasteiger partial charge is 0.374 e. The van der Waals surface area contributed by atoms with Crippen LogP contribution in [0, 0.1) is 5.92 Å². The Hall–Kier alpha value is -0.300. The van der Waals surface area contributed by atoms with E-state index < -0.39 is 0 Å². The average molecular weight is 303 g/mol. The van der Waals surface area contributed by atoms with Crippen LogP contribution in [0.4, 0.5) is 4.79 Å². The summed E-state index contributed by atoms with van der Waals surface area (Å²) in [5.41, 5.74) is 0. The molecule has 1 fully saturated rings. The van der Waals surface area contributed by atoms with Crippen molar-refractivity contribution < 1.29 is 9.53 Å². The molecule has 1 N–H and O–H groups in total. The van der Waals surface area contributed by atoms with Crippen LogP contribution >= 0.6 is 11.8 Å². The van der Waals surface area contributed by atoms with Crippen molar-refractivity contribution in [2.24, 2.45) is 5.92 Å². The third-order valence-corrected chi connectivity index (χ3v) is 4.01. The van der Waals surface area contributed by atoms with E-state index in [0.29, 0.717) is 12.5 Å². The van der Waals surface area contributed by atoms with Crippen LogP contribution in [0.2, 0.25) is 0 Å². The van der Waals surface area contributed by atoms with Gasteiger partial charge in [0.25, 0.3) is 5.24 Å². The van der Waals surface area contributed by atoms with Gasteiger partial charge in [-0.25, -0.2) is 0 Å². The molecule has 0 aromatic heterocycles. The Morgan fingerprint density at radius 3 is 2.95 bits per heavy atom. The maximum atomic E-state index is 11.6. The molecule has 0 bridgehead atoms. The summed E-state index contributed by atoms with van der Waals surface area (Å²) in [6.45, 7) is 10.9. The van der Waals surface area contributed by atoms with Gasteiger partial charge in [-0.3, -0.25) is 9.69 Å². The van der Waals surface area contributed by atoms with Crippen molar-refractivity contribution in [3.63, 3.8) is 0 Å². The molecule has 0 aromatic rings. The highest BCUT2D eigenvalue weighted by Gasteiger charge is 2.22. The van der Waals surface area contributed by atoms with E-state index in [1.807, 2.05) is 13.3 Å². The molecule has 1 heterocycles. The Balaban J connectivity index is 2.23. The van der Waals surface area contributed by atoms with Crippen LogP contribution in [0.25, 0.3) is 0 Å². The molecule has 0 radical (unpaired) electrons. The molecule has 1 saturated heterocycles. The van der Waals surface area contributed by atoms with Gasteiger partial charge in [-0.1, -0.05) is 25.6 Å². The summed E-state index contributed by atoms with van der Waals surface area (Å²) in [6, 6.07) is 0. The van der Waals surface area contributed by atoms with Crippen molar-refractivity contribution in [3.8, 4) is 0 Å². The molecule has 0 unspecified atom stereocenters. The van der Waals surface area contributed by atoms with Gasteiger partial charge in [-0.15, -0.1) is 0 Å². The first-order valence-corrected chi connectivity index (χ1v) is 8.59. The quantitative estimate of drug-likeness (QED) is 0.719. The smallest absolute Gasteiger partial charge is 0.281 e. The molecule has 1 rings (SSSR count). The third kappa shape index (κ3) is 6.92. The predicted molar refractivity (Wildman–Crippen MR) is 85.4 cm³/mol. The molecule has 1 aliphatic heterocycles. The first kappa shape index (κ1) is 17.8. The number of hydrogen-bond acceptors (Lipinski definition) is 5. The minimum absolute atomic E-state index is 0.101. The van der Waals surface area contributed by atoms with Gasteiger partial charge in [0.15, 0.2) is 0 Å². The molecule has 1 amide bonds. The lowest BCUT2D eigenvalue weighted by Gasteiger charge is -2.34. The molecule has 20 heavy (non-hydrogen) atoms. The van der Waals surface area contributed by atoms with Gasteiger partial charge in [0.1, 0.15) is 0 Å². The number of hydrogen-bond donors (Lipinski definition) is 1. The fourth-order valence-corrected chi connectivity index (χ4v) is 2.64. The topological polar surface area (TPSA) is 44.8 Å². The molecular weight excluding hydrogens is 274 g/mol. The number of carbonyl (C=O) groups is 1. The molecule has 118 valence electrons. The highest BCUT2D eigenvalue weighted by atomic mass is 32.2. The van der Waals surface area contributed by atoms with Crippen molar-refractivity contribution in [2.75, 3.05) is 59.2 Å². The zero-order valence-electron chi connectivity index (χ0n) is 13.2. The van der Waals surface area contributed by atoms with E-state index in [1.54, 1.807) is 4.90 Å². The number of morpholine rings is 1. The van der Waals surface area contributed by atoms with Gasteiger partial charge in [0.05, 0.1) is 12.7 Å². The fraction of sp³-hybridized carbons (Fsp3) is 0.929. The Kier molecular flexibility index (Phi) is 8.52. The van der Waals surface area contributed by atoms with Gasteiger partial charge in [-0.05, 0) is 18.7 Å². The highest BCUT2D eigenvalue weighted by Crippen LogP contribution is 2.09. The Labute approximate surface area is 127 Å². The number of nitrogens with zero attached hydrogens (tertiary/aromatic N) is 2. The van der Waals surface area contributed by atoms with Gasteiger partial charge in [0.2, 0.25) is 0 Å². The molecule has 0 saturated carbocycles. The lowest BCUT2D eigenvalue weighted by atomic mass is 10.2. The zero-order chi connectivity index (χ0) is 15.0. The number of ether oxygens (including phenoxy) is 1. The van der Waals surface area contributed by atoms with Crippen LogP contribution in [-0.2, 0) is 4.74 Å². The number of amides is 1. The van der Waals surface area contributed by atoms with E-state index in [4.69, 9.17) is 4.74 Å². The Morgan fingerprint density at radius 2 is 2.30 bits per heavy atom. The summed E-state index contributed by atoms with van der Waals surface area (Å²) in [4.78, 5) is 15.7. The summed E-state index contributed by atoms with van der Waals surface area (Å²) < 4.78 is 5.75. The normalized spacial score (nSPS) is 20.4. The van der Waals surface area contributed by atoms with Crippen molar-refractivity contribution in [1.82, 2.24) is 15.1 Å². The van der Waals surface area contributed by atoms with E-state index >= 15 is 0 Å². The second kappa shape index (κ2) is 9.60. The van der Waals surface area contributed by atoms with Crippen molar-refractivity contribution in [2.45, 2.75) is 20.0 Å². The second-order valence-corrected chi connectivity index (χ2v) is 6.50. The Morgan fingerprint density at radius 1 is 1.55 bits per heavy atom. The van der Waals surface area contributed by atoms with Crippen molar-refractivity contribution in [1.29, 1.82) is 0 Å². The van der Waals surface area contributed by atoms with Gasteiger partial charge in [-0.2, -0.15) is 0 Å². The number of likely N-dealkylation sites (N-methyl/N-ethyl adjacent to an activating group) is 1. The number of carbonyl (C=O) groups excluding carboxylic acids is 1. The van der Waals surface area contributed by atoms with Crippen molar-refractivity contribution in [3.05, 3.63) is 0 Å². The first-order chi connectivity index (χ1) is 9.52. The van der Waals surface area contributed by atoms with Gasteiger partial charge in [0, 0.05) is 39.8 Å². The number of nitrogens with one attached hydrogen (secondary N) is 1. The summed E-state index contributed by atoms with van der Waals surface area (Å²) in [6.07, 6.45) is 1.95. The summed E-state index contributed by atoms with van der Waals surface area (Å²) in [5, 5.41) is 3.57. The van der Waals surface area contributed by atoms with Crippen LogP contribution in [0.5, 0.6) is 0 Å². The lowest BCUT2D eigenvalue weighted by Crippen LogP contribution is -2.49. The molecule has 6 heteroatoms. The molecule has 5 nitrogen and oxygen atoms in total. The summed E-state index contributed by atoms with van der Waals surface area (Å²) in [7, 11) is 1.84. The van der Waals surface area contributed by atoms with Crippen LogP contribution < -0.4 is 5.32 Å². The third-order valence-electron chi connectivity index (χ3n) is 3.34. The highest BCUT2D eigenvalue weighted by molar-refractivity contribution is 8.12. The molecule has 0 spiro atoms. The van der Waals surface area contributed by atoms with Gasteiger partial charge < -0.3 is 15.0 Å². The first-order valence-electron chi connectivity index (χ1n) is 7.36. The molecule has 1 atom stereocenters. The molecule has 0 aromatic carbocycles. The number of rotatable bonds is 7. The van der Waals surface area contributed by atoms with Crippen molar-refractivity contribution >= 4 is 17.0 Å². The minimum Gasteiger partial charge on any atom is -0.374 e. The van der Waals surface area contributed by atoms with Crippen LogP contribution in [0.1, 0.15) is 13.8 Å². The maximum Gasteiger partial charge on any atom is 0.281 e. The summed E-state index contributed by atoms with van der Waals surface area (Å²) in [5.74, 6) is 0.693. The summed E-state index contributed by atoms with van der Waals surface area (Å²) >= 11 is 1.25. The van der Waals surface area contributed by atoms with Gasteiger partial charge >= 0.3 is 0 Å². The van der Waals surface area contributed by atoms with E-state index in [9.17, 15) is 4.79 Å². The standard InChI is InChI=1S/C14H29N3O2S/c1-12(2)9-15-5-6-17-7-8-19-13(11-17)10-16(3)14(18)20-4/h12-13,15H,5-11H2,1-4H3/t13-/m0/s1. The maximum absolute atomic E-state index is 11.6. The van der Waals surface area contributed by atoms with E-state index in [-0.39, 0.29) is 11.3 Å². The van der Waals surface area contributed by atoms with Crippen LogP contribution in [0.15, 0.2) is 0 Å². The zero-order valence-corrected chi connectivity index (χ0v) is 14.0. The lowest BCUT2D eigenvalue weighted by molar-refractivity contribution is -0.0350. The number of thioether (sulfide) groups is 1. The average Bonchev–Trinajstić information content (AvgIpc) is 2.43. The molecular formula is C14H29N3O2S. The fourth-order valence-electron chi connectivity index (χ4n) is 2.26. The minimum atomic E-state index is 0.101. The van der Waals surface area contributed by atoms with E-state index in [1.165, 1.54) is 11.8 Å². The SMILES string of the molecule is CSC(=O)N(C)C[C@H]1CN(CCNCC(C)C)CCO1. The van der Waals surface area contributed by atoms with Crippen LogP contribution in [0.3, 0.4) is 0 Å². The molecule has 0 aliphatic carbocycles. The predicted octanol–water partition coefficient (Wildman–Crippen LogP) is 1.35. The monoisotopic (exact) mass is 303 g/mol. The van der Waals surface area contributed by atoms with E-state index in [2.05, 4.69) is 24.1 Å². The Bertz CT molecular complexity index is 290.